The molecule has 1 aromatic rings. The van der Waals surface area contributed by atoms with Crippen molar-refractivity contribution in [3.8, 4) is 0 Å². The number of alkyl carbamates (subject to hydrolysis) is 1. The van der Waals surface area contributed by atoms with Crippen molar-refractivity contribution < 1.29 is 34.1 Å². The van der Waals surface area contributed by atoms with E-state index in [0.717, 1.165) is 16.9 Å². The number of aliphatic imine (C=N–C) groups is 1. The summed E-state index contributed by atoms with van der Waals surface area (Å²) in [5.74, 6) is -3.89. The molecule has 16 nitrogen and oxygen atoms in total. The topological polar surface area (TPSA) is 200 Å². The Kier molecular flexibility index (Phi) is 7.63. The van der Waals surface area contributed by atoms with E-state index in [1.54, 1.807) is 12.1 Å². The number of halogens is 3. The Bertz CT molecular complexity index is 1520. The highest BCUT2D eigenvalue weighted by Crippen LogP contribution is 2.45. The van der Waals surface area contributed by atoms with E-state index in [1.807, 2.05) is 6.07 Å². The molecule has 242 valence electrons. The lowest BCUT2D eigenvalue weighted by Gasteiger charge is -2.49. The van der Waals surface area contributed by atoms with Gasteiger partial charge in [-0.3, -0.25) is 19.8 Å². The predicted molar refractivity (Wildman–Crippen MR) is 161 cm³/mol. The molecule has 1 spiro atoms. The second-order valence-corrected chi connectivity index (χ2v) is 13.9. The number of carbonyl (C=O) groups excluding carboxylic acids is 4. The number of amides is 5. The zero-order valence-corrected chi connectivity index (χ0v) is 26.0. The van der Waals surface area contributed by atoms with Gasteiger partial charge in [-0.05, 0) is 18.1 Å². The summed E-state index contributed by atoms with van der Waals surface area (Å²) >= 11 is 17.2. The zero-order valence-electron chi connectivity index (χ0n) is 23.8. The van der Waals surface area contributed by atoms with Crippen LogP contribution in [-0.2, 0) is 16.0 Å². The van der Waals surface area contributed by atoms with Gasteiger partial charge < -0.3 is 46.0 Å². The van der Waals surface area contributed by atoms with Gasteiger partial charge in [0.05, 0.1) is 35.7 Å². The number of hydrogen-bond donors (Lipinski definition) is 7. The van der Waals surface area contributed by atoms with Crippen LogP contribution in [0.25, 0.3) is 0 Å². The first-order chi connectivity index (χ1) is 21.1. The number of carbonyl (C=O) groups is 4. The van der Waals surface area contributed by atoms with Gasteiger partial charge in [0.15, 0.2) is 5.66 Å². The maximum absolute atomic E-state index is 13.6. The van der Waals surface area contributed by atoms with Gasteiger partial charge >= 0.3 is 12.1 Å². The molecule has 0 bridgehead atoms. The minimum atomic E-state index is -2.76. The van der Waals surface area contributed by atoms with Crippen molar-refractivity contribution >= 4 is 70.4 Å². The first kappa shape index (κ1) is 31.3. The van der Waals surface area contributed by atoms with Crippen molar-refractivity contribution in [3.63, 3.8) is 0 Å². The molecule has 0 aliphatic carbocycles. The normalized spacial score (nSPS) is 28.0. The van der Waals surface area contributed by atoms with Crippen LogP contribution >= 0.6 is 34.8 Å². The third-order valence-electron chi connectivity index (χ3n) is 8.47. The maximum Gasteiger partial charge on any atom is 0.414 e. The van der Waals surface area contributed by atoms with E-state index >= 15 is 0 Å². The summed E-state index contributed by atoms with van der Waals surface area (Å²) in [4.78, 5) is 60.0. The van der Waals surface area contributed by atoms with Crippen molar-refractivity contribution in [3.05, 3.63) is 41.7 Å². The van der Waals surface area contributed by atoms with Crippen molar-refractivity contribution in [1.82, 2.24) is 36.0 Å². The molecule has 1 aromatic carbocycles. The van der Waals surface area contributed by atoms with E-state index in [-0.39, 0.29) is 31.4 Å². The van der Waals surface area contributed by atoms with Crippen molar-refractivity contribution in [2.75, 3.05) is 45.2 Å². The molecule has 5 heterocycles. The van der Waals surface area contributed by atoms with E-state index in [0.29, 0.717) is 17.8 Å². The Balaban J connectivity index is 1.36. The number of urea groups is 1. The predicted octanol–water partition coefficient (Wildman–Crippen LogP) is -0.793. The number of benzene rings is 1. The molecule has 5 aliphatic heterocycles. The summed E-state index contributed by atoms with van der Waals surface area (Å²) in [6.45, 7) is 3.20. The number of ether oxygens (including phenoxy) is 1. The van der Waals surface area contributed by atoms with Gasteiger partial charge in [-0.25, -0.2) is 14.6 Å². The average Bonchev–Trinajstić information content (AvgIpc) is 3.69. The highest BCUT2D eigenvalue weighted by atomic mass is 35.6. The van der Waals surface area contributed by atoms with Gasteiger partial charge in [0, 0.05) is 20.1 Å². The SMILES string of the molecule is C=C1N[C@H]2[C@H](CN3C(=O)CN(C)C3=O)N=C(NC(=O)OCC(Cl)(Cl)Cl)N3C[C@H](NC(=O)c4cccc5c4NCC5)C(O)(O)[C@]23N1. The van der Waals surface area contributed by atoms with E-state index in [9.17, 15) is 29.4 Å². The number of alkyl halides is 3. The second kappa shape index (κ2) is 11.0. The van der Waals surface area contributed by atoms with Crippen molar-refractivity contribution in [2.45, 2.75) is 39.8 Å². The van der Waals surface area contributed by atoms with E-state index in [1.165, 1.54) is 16.8 Å². The summed E-state index contributed by atoms with van der Waals surface area (Å²) in [5, 5.41) is 38.2. The Hall–Kier alpha value is -3.70. The fourth-order valence-corrected chi connectivity index (χ4v) is 6.67. The van der Waals surface area contributed by atoms with E-state index in [2.05, 4.69) is 38.2 Å². The standard InChI is InChI=1S/C26H30Cl3N9O7/c1-12-31-19-15(8-37-17(39)10-36(2)23(37)42)32-21(34-22(41)45-11-24(27,28)29)38-9-16(26(43,44)25(19,38)35-12)33-20(40)14-5-3-4-13-6-7-30-18(13)14/h3-5,15-16,19,30-31,35,43-44H,1,6-11H2,2H3,(H,33,40)(H,32,34,41)/t15-,16-,19-,25-/m0/s1. The van der Waals surface area contributed by atoms with E-state index in [4.69, 9.17) is 39.5 Å². The molecule has 0 unspecified atom stereocenters. The highest BCUT2D eigenvalue weighted by Gasteiger charge is 2.74. The molecule has 5 amide bonds. The second-order valence-electron chi connectivity index (χ2n) is 11.4. The number of fused-ring (bicyclic) bond motifs is 1. The minimum absolute atomic E-state index is 0.153. The molecule has 3 saturated heterocycles. The number of guanidine groups is 1. The molecular weight excluding hydrogens is 657 g/mol. The smallest absolute Gasteiger partial charge is 0.414 e. The highest BCUT2D eigenvalue weighted by molar-refractivity contribution is 6.67. The molecule has 0 aromatic heterocycles. The van der Waals surface area contributed by atoms with Crippen LogP contribution in [0.3, 0.4) is 0 Å². The van der Waals surface area contributed by atoms with Gasteiger partial charge in [-0.1, -0.05) is 53.5 Å². The first-order valence-corrected chi connectivity index (χ1v) is 15.0. The minimum Gasteiger partial charge on any atom is -0.445 e. The van der Waals surface area contributed by atoms with Crippen LogP contribution in [0, 0.1) is 0 Å². The third-order valence-corrected chi connectivity index (χ3v) is 8.79. The van der Waals surface area contributed by atoms with Crippen LogP contribution in [0.5, 0.6) is 0 Å². The van der Waals surface area contributed by atoms with Crippen molar-refractivity contribution in [2.24, 2.45) is 4.99 Å². The van der Waals surface area contributed by atoms with Crippen LogP contribution in [0.15, 0.2) is 35.6 Å². The largest absolute Gasteiger partial charge is 0.445 e. The summed E-state index contributed by atoms with van der Waals surface area (Å²) in [7, 11) is 1.47. The third kappa shape index (κ3) is 5.23. The summed E-state index contributed by atoms with van der Waals surface area (Å²) in [5.41, 5.74) is -0.00495. The molecule has 4 atom stereocenters. The Labute approximate surface area is 271 Å². The quantitative estimate of drug-likeness (QED) is 0.116. The molecule has 0 saturated carbocycles. The number of rotatable bonds is 5. The number of imide groups is 1. The fourth-order valence-electron chi connectivity index (χ4n) is 6.51. The van der Waals surface area contributed by atoms with Gasteiger partial charge in [0.2, 0.25) is 21.4 Å². The Morgan fingerprint density at radius 1 is 1.27 bits per heavy atom. The maximum atomic E-state index is 13.6. The number of likely N-dealkylation sites (N-methyl/N-ethyl adjacent to an activating group) is 1. The Morgan fingerprint density at radius 3 is 2.71 bits per heavy atom. The monoisotopic (exact) mass is 685 g/mol. The molecule has 19 heteroatoms. The molecular formula is C26H30Cl3N9O7. The number of aliphatic hydroxyl groups is 2. The van der Waals surface area contributed by atoms with Crippen LogP contribution in [0.1, 0.15) is 15.9 Å². The van der Waals surface area contributed by atoms with E-state index < -0.39 is 63.9 Å². The molecule has 7 N–H and O–H groups in total. The molecule has 6 rings (SSSR count). The number of nitrogens with one attached hydrogen (secondary N) is 5. The first-order valence-electron chi connectivity index (χ1n) is 13.9. The fraction of sp³-hybridized carbons (Fsp3) is 0.500. The van der Waals surface area contributed by atoms with Gasteiger partial charge in [0.1, 0.15) is 19.2 Å². The molecule has 0 radical (unpaired) electrons. The zero-order chi connectivity index (χ0) is 32.5. The molecule has 5 aliphatic rings. The van der Waals surface area contributed by atoms with Gasteiger partial charge in [0.25, 0.3) is 5.91 Å². The number of hydrogen-bond acceptors (Lipinski definition) is 12. The van der Waals surface area contributed by atoms with Crippen LogP contribution < -0.4 is 26.6 Å². The van der Waals surface area contributed by atoms with Crippen LogP contribution in [0.2, 0.25) is 0 Å². The summed E-state index contributed by atoms with van der Waals surface area (Å²) in [6.07, 6.45) is -0.357. The average molecular weight is 687 g/mol. The summed E-state index contributed by atoms with van der Waals surface area (Å²) < 4.78 is 3.10. The van der Waals surface area contributed by atoms with Gasteiger partial charge in [-0.2, -0.15) is 0 Å². The lowest BCUT2D eigenvalue weighted by atomic mass is 9.85. The van der Waals surface area contributed by atoms with Crippen molar-refractivity contribution in [1.29, 1.82) is 0 Å². The van der Waals surface area contributed by atoms with Crippen LogP contribution in [0.4, 0.5) is 15.3 Å². The van der Waals surface area contributed by atoms with Gasteiger partial charge in [-0.15, -0.1) is 0 Å². The number of anilines is 1. The summed E-state index contributed by atoms with van der Waals surface area (Å²) in [6, 6.07) is 1.21. The Morgan fingerprint density at radius 2 is 2.02 bits per heavy atom. The molecule has 3 fully saturated rings. The lowest BCUT2D eigenvalue weighted by Crippen LogP contribution is -2.78. The number of para-hydroxylation sites is 1. The van der Waals surface area contributed by atoms with Crippen LogP contribution in [-0.4, -0.2) is 128 Å². The lowest BCUT2D eigenvalue weighted by molar-refractivity contribution is -0.231. The number of nitrogens with zero attached hydrogens (tertiary/aromatic N) is 4. The molecule has 45 heavy (non-hydrogen) atoms.